The molecule has 4 N–H and O–H groups in total. The van der Waals surface area contributed by atoms with Crippen LogP contribution in [0.25, 0.3) is 0 Å². The number of ether oxygens (including phenoxy) is 2. The Labute approximate surface area is 331 Å². The maximum absolute atomic E-state index is 12.7. The van der Waals surface area contributed by atoms with Crippen molar-refractivity contribution in [2.45, 2.75) is 94.5 Å². The van der Waals surface area contributed by atoms with Gasteiger partial charge in [-0.25, -0.2) is 0 Å². The van der Waals surface area contributed by atoms with Crippen LogP contribution in [0.3, 0.4) is 0 Å². The molecule has 2 rings (SSSR count). The largest absolute Gasteiger partial charge is 0.377 e. The Morgan fingerprint density at radius 3 is 1.56 bits per heavy atom. The zero-order chi connectivity index (χ0) is 41.0. The van der Waals surface area contributed by atoms with E-state index in [0.29, 0.717) is 30.9 Å². The first kappa shape index (κ1) is 49.3. The number of imide groups is 2. The van der Waals surface area contributed by atoms with E-state index < -0.39 is 37.0 Å². The van der Waals surface area contributed by atoms with Gasteiger partial charge in [-0.3, -0.25) is 47.7 Å². The molecule has 2 fully saturated rings. The normalized spacial score (nSPS) is 19.8. The van der Waals surface area contributed by atoms with Gasteiger partial charge in [0.25, 0.3) is 0 Å². The number of likely N-dealkylation sites (tertiary alicyclic amines) is 2. The number of carbonyl (C=O) groups excluding carboxylic acids is 6. The van der Waals surface area contributed by atoms with Crippen LogP contribution in [-0.2, 0) is 56.4 Å². The Morgan fingerprint density at radius 1 is 0.673 bits per heavy atom. The summed E-state index contributed by atoms with van der Waals surface area (Å²) in [6.45, 7) is 7.73. The van der Waals surface area contributed by atoms with Crippen molar-refractivity contribution >= 4 is 74.2 Å². The molecule has 2 aliphatic heterocycles. The van der Waals surface area contributed by atoms with Gasteiger partial charge in [-0.05, 0) is 19.3 Å². The fourth-order valence-corrected chi connectivity index (χ4v) is 8.50. The number of rotatable bonds is 30. The fourth-order valence-electron chi connectivity index (χ4n) is 4.93. The molecule has 18 nitrogen and oxygen atoms in total. The van der Waals surface area contributed by atoms with Crippen LogP contribution < -0.4 is 10.6 Å². The van der Waals surface area contributed by atoms with E-state index in [-0.39, 0.29) is 120 Å². The first-order valence-electron chi connectivity index (χ1n) is 18.5. The van der Waals surface area contributed by atoms with Gasteiger partial charge in [-0.15, -0.1) is 23.5 Å². The van der Waals surface area contributed by atoms with E-state index in [2.05, 4.69) is 10.6 Å². The average molecular weight is 861 g/mol. The molecule has 0 saturated carbocycles. The van der Waals surface area contributed by atoms with E-state index in [0.717, 1.165) is 16.2 Å². The molecule has 2 heterocycles. The zero-order valence-corrected chi connectivity index (χ0v) is 35.6. The van der Waals surface area contributed by atoms with Gasteiger partial charge in [0.2, 0.25) is 35.4 Å². The topological polar surface area (TPSA) is 244 Å². The Bertz CT molecular complexity index is 1390. The van der Waals surface area contributed by atoms with Gasteiger partial charge < -0.3 is 38.9 Å². The number of carbonyl (C=O) groups is 6. The van der Waals surface area contributed by atoms with Crippen LogP contribution in [0.1, 0.15) is 72.6 Å². The van der Waals surface area contributed by atoms with Crippen LogP contribution in [0.5, 0.6) is 0 Å². The van der Waals surface area contributed by atoms with E-state index in [1.54, 1.807) is 27.7 Å². The summed E-state index contributed by atoms with van der Waals surface area (Å²) < 4.78 is 44.5. The maximum Gasteiger partial charge on any atom is 0.330 e. The van der Waals surface area contributed by atoms with E-state index >= 15 is 0 Å². The summed E-state index contributed by atoms with van der Waals surface area (Å²) in [5, 5.41) is 4.26. The minimum atomic E-state index is -3.70. The smallest absolute Gasteiger partial charge is 0.330 e. The lowest BCUT2D eigenvalue weighted by Gasteiger charge is -2.16. The number of hydrogen-bond acceptors (Lipinski definition) is 14. The first-order valence-corrected chi connectivity index (χ1v) is 23.9. The number of unbranched alkanes of at least 4 members (excludes halogenated alkanes) is 2. The van der Waals surface area contributed by atoms with Gasteiger partial charge in [0.15, 0.2) is 0 Å². The lowest BCUT2D eigenvalue weighted by atomic mass is 10.2. The second-order valence-electron chi connectivity index (χ2n) is 13.4. The van der Waals surface area contributed by atoms with Gasteiger partial charge in [-0.1, -0.05) is 27.7 Å². The van der Waals surface area contributed by atoms with Crippen molar-refractivity contribution in [1.82, 2.24) is 20.4 Å². The van der Waals surface area contributed by atoms with E-state index in [1.165, 1.54) is 23.5 Å². The van der Waals surface area contributed by atoms with Crippen LogP contribution in [0.2, 0.25) is 0 Å². The van der Waals surface area contributed by atoms with Crippen LogP contribution in [0.15, 0.2) is 0 Å². The summed E-state index contributed by atoms with van der Waals surface area (Å²) >= 11 is 2.48. The monoisotopic (exact) mass is 860 g/mol. The highest BCUT2D eigenvalue weighted by Crippen LogP contribution is 2.47. The van der Waals surface area contributed by atoms with Crippen LogP contribution in [0, 0.1) is 0 Å². The van der Waals surface area contributed by atoms with Crippen molar-refractivity contribution in [1.29, 1.82) is 0 Å². The quantitative estimate of drug-likeness (QED) is 0.0459. The molecule has 22 heteroatoms. The molecule has 0 aromatic rings. The third-order valence-corrected chi connectivity index (χ3v) is 14.6. The molecule has 0 aliphatic carbocycles. The molecule has 0 aromatic heterocycles. The van der Waals surface area contributed by atoms with Crippen molar-refractivity contribution in [2.75, 3.05) is 77.3 Å². The third kappa shape index (κ3) is 18.5. The molecule has 0 aromatic carbocycles. The van der Waals surface area contributed by atoms with Crippen molar-refractivity contribution in [3.05, 3.63) is 0 Å². The Morgan fingerprint density at radius 2 is 1.11 bits per heavy atom. The van der Waals surface area contributed by atoms with Crippen molar-refractivity contribution < 1.29 is 66.2 Å². The summed E-state index contributed by atoms with van der Waals surface area (Å²) in [5.41, 5.74) is -0.996. The fraction of sp³-hybridized carbons (Fsp3) is 0.818. The van der Waals surface area contributed by atoms with Gasteiger partial charge in [0, 0.05) is 50.3 Å². The summed E-state index contributed by atoms with van der Waals surface area (Å²) in [7, 11) is -7.26. The minimum absolute atomic E-state index is 0.0304. The summed E-state index contributed by atoms with van der Waals surface area (Å²) in [6.07, 6.45) is 2.43. The van der Waals surface area contributed by atoms with Crippen molar-refractivity contribution in [2.24, 2.45) is 0 Å². The molecule has 6 amide bonds. The number of nitrogens with zero attached hydrogens (tertiary/aromatic N) is 2. The molecule has 0 bridgehead atoms. The maximum atomic E-state index is 12.7. The Balaban J connectivity index is 1.49. The zero-order valence-electron chi connectivity index (χ0n) is 32.1. The number of hydrogen-bond donors (Lipinski definition) is 4. The molecule has 55 heavy (non-hydrogen) atoms. The number of nitrogens with one attached hydrogen (secondary N) is 2. The summed E-state index contributed by atoms with van der Waals surface area (Å²) in [4.78, 5) is 96.0. The SMILES string of the molecule is CC(C)P(=O)(O)OCCCCCNC(=O)CCSC1CC(=O)N(CCOCCOCCN2C(=O)CC(SCCC(=O)NCCOP(=O)(O)C(C)C)C2=O)C1=O. The molecule has 0 radical (unpaired) electrons. The first-order chi connectivity index (χ1) is 26.0. The lowest BCUT2D eigenvalue weighted by Crippen LogP contribution is -2.35. The number of amides is 6. The summed E-state index contributed by atoms with van der Waals surface area (Å²) in [5.74, 6) is -1.04. The highest BCUT2D eigenvalue weighted by Gasteiger charge is 2.39. The van der Waals surface area contributed by atoms with E-state index in [1.807, 2.05) is 0 Å². The molecule has 2 aliphatic rings. The second-order valence-corrected chi connectivity index (χ2v) is 20.8. The van der Waals surface area contributed by atoms with Gasteiger partial charge in [0.05, 0.1) is 74.5 Å². The van der Waals surface area contributed by atoms with Crippen molar-refractivity contribution in [3.8, 4) is 0 Å². The van der Waals surface area contributed by atoms with Crippen LogP contribution in [0.4, 0.5) is 0 Å². The molecule has 2 saturated heterocycles. The summed E-state index contributed by atoms with van der Waals surface area (Å²) in [6, 6.07) is 0. The molecule has 316 valence electrons. The van der Waals surface area contributed by atoms with Crippen LogP contribution >= 0.6 is 38.7 Å². The second kappa shape index (κ2) is 25.5. The predicted octanol–water partition coefficient (Wildman–Crippen LogP) is 2.14. The highest BCUT2D eigenvalue weighted by molar-refractivity contribution is 8.00. The molecule has 4 unspecified atom stereocenters. The highest BCUT2D eigenvalue weighted by atomic mass is 32.2. The van der Waals surface area contributed by atoms with Gasteiger partial charge in [-0.2, -0.15) is 0 Å². The minimum Gasteiger partial charge on any atom is -0.377 e. The molecule has 0 spiro atoms. The third-order valence-electron chi connectivity index (χ3n) is 8.42. The number of thioether (sulfide) groups is 2. The average Bonchev–Trinajstić information content (AvgIpc) is 3.54. The van der Waals surface area contributed by atoms with Gasteiger partial charge in [0.1, 0.15) is 0 Å². The Hall–Kier alpha value is -1.86. The van der Waals surface area contributed by atoms with Crippen LogP contribution in [-0.4, -0.2) is 154 Å². The molecule has 4 atom stereocenters. The van der Waals surface area contributed by atoms with E-state index in [9.17, 15) is 47.7 Å². The van der Waals surface area contributed by atoms with Crippen molar-refractivity contribution in [3.63, 3.8) is 0 Å². The standard InChI is InChI=1S/C33H58N4O14P2S2/c1-24(2)52(44,45)50-14-7-5-6-10-34-28(38)8-20-54-26-22-30(40)36(32(26)42)12-16-48-18-19-49-17-13-37-31(41)23-27(33(37)43)55-21-9-29(39)35-11-15-51-53(46,47)25(3)4/h24-27H,5-23H2,1-4H3,(H,34,38)(H,35,39)(H,44,45)(H,46,47). The van der Waals surface area contributed by atoms with E-state index in [4.69, 9.17) is 18.5 Å². The Kier molecular flexibility index (Phi) is 22.8. The van der Waals surface area contributed by atoms with Gasteiger partial charge >= 0.3 is 15.2 Å². The molecular formula is C33H58N4O14P2S2. The predicted molar refractivity (Wildman–Crippen MR) is 208 cm³/mol. The lowest BCUT2D eigenvalue weighted by molar-refractivity contribution is -0.141. The molecular weight excluding hydrogens is 802 g/mol.